The molecule has 90 valence electrons. The van der Waals surface area contributed by atoms with Crippen LogP contribution in [0.3, 0.4) is 0 Å². The van der Waals surface area contributed by atoms with Crippen molar-refractivity contribution in [2.75, 3.05) is 5.73 Å². The number of nitrogen functional groups attached to an aromatic ring is 1. The SMILES string of the molecule is Nc1ncc2c(F)cc(-c3ccc(Br)cn3)n2n1. The van der Waals surface area contributed by atoms with Crippen LogP contribution in [0.2, 0.25) is 0 Å². The van der Waals surface area contributed by atoms with Gasteiger partial charge in [-0.3, -0.25) is 4.98 Å². The van der Waals surface area contributed by atoms with Crippen molar-refractivity contribution in [3.05, 3.63) is 40.9 Å². The van der Waals surface area contributed by atoms with Gasteiger partial charge in [0.1, 0.15) is 5.52 Å². The first-order valence-corrected chi connectivity index (χ1v) is 5.86. The number of aromatic nitrogens is 4. The van der Waals surface area contributed by atoms with Gasteiger partial charge in [-0.15, -0.1) is 5.10 Å². The molecule has 7 heteroatoms. The molecule has 0 radical (unpaired) electrons. The van der Waals surface area contributed by atoms with E-state index in [1.54, 1.807) is 12.3 Å². The number of halogens is 2. The zero-order valence-corrected chi connectivity index (χ0v) is 10.6. The molecule has 18 heavy (non-hydrogen) atoms. The second kappa shape index (κ2) is 4.02. The predicted octanol–water partition coefficient (Wildman–Crippen LogP) is 2.28. The molecule has 3 heterocycles. The number of anilines is 1. The van der Waals surface area contributed by atoms with E-state index in [2.05, 4.69) is 31.0 Å². The van der Waals surface area contributed by atoms with Crippen molar-refractivity contribution in [3.63, 3.8) is 0 Å². The smallest absolute Gasteiger partial charge is 0.238 e. The summed E-state index contributed by atoms with van der Waals surface area (Å²) in [5.74, 6) is -0.328. The highest BCUT2D eigenvalue weighted by Crippen LogP contribution is 2.23. The molecule has 0 saturated carbocycles. The van der Waals surface area contributed by atoms with Crippen molar-refractivity contribution in [1.29, 1.82) is 0 Å². The van der Waals surface area contributed by atoms with Gasteiger partial charge in [-0.05, 0) is 28.1 Å². The average molecular weight is 308 g/mol. The number of nitrogens with zero attached hydrogens (tertiary/aromatic N) is 4. The molecule has 0 spiro atoms. The summed E-state index contributed by atoms with van der Waals surface area (Å²) >= 11 is 3.30. The Morgan fingerprint density at radius 3 is 2.78 bits per heavy atom. The van der Waals surface area contributed by atoms with Crippen LogP contribution in [0.1, 0.15) is 0 Å². The number of hydrogen-bond donors (Lipinski definition) is 1. The molecule has 3 aromatic heterocycles. The van der Waals surface area contributed by atoms with Crippen molar-refractivity contribution in [3.8, 4) is 11.4 Å². The second-order valence-electron chi connectivity index (χ2n) is 3.65. The highest BCUT2D eigenvalue weighted by Gasteiger charge is 2.13. The molecule has 3 rings (SSSR count). The van der Waals surface area contributed by atoms with E-state index in [4.69, 9.17) is 5.73 Å². The lowest BCUT2D eigenvalue weighted by atomic mass is 10.3. The molecule has 2 N–H and O–H groups in total. The van der Waals surface area contributed by atoms with Crippen molar-refractivity contribution in [2.45, 2.75) is 0 Å². The van der Waals surface area contributed by atoms with Crippen LogP contribution in [0.25, 0.3) is 16.9 Å². The predicted molar refractivity (Wildman–Crippen MR) is 68.3 cm³/mol. The van der Waals surface area contributed by atoms with Crippen LogP contribution >= 0.6 is 15.9 Å². The summed E-state index contributed by atoms with van der Waals surface area (Å²) in [6, 6.07) is 4.95. The number of hydrogen-bond acceptors (Lipinski definition) is 4. The third kappa shape index (κ3) is 1.72. The lowest BCUT2D eigenvalue weighted by Gasteiger charge is -2.01. The first kappa shape index (κ1) is 11.1. The largest absolute Gasteiger partial charge is 0.367 e. The normalized spacial score (nSPS) is 11.0. The van der Waals surface area contributed by atoms with Crippen LogP contribution in [0.15, 0.2) is 35.1 Å². The lowest BCUT2D eigenvalue weighted by Crippen LogP contribution is -2.02. The zero-order chi connectivity index (χ0) is 12.7. The van der Waals surface area contributed by atoms with Crippen LogP contribution in [-0.2, 0) is 0 Å². The first-order chi connectivity index (χ1) is 8.65. The molecule has 0 aromatic carbocycles. The van der Waals surface area contributed by atoms with Crippen molar-refractivity contribution >= 4 is 27.4 Å². The fraction of sp³-hybridized carbons (Fsp3) is 0. The maximum absolute atomic E-state index is 13.7. The third-order valence-corrected chi connectivity index (χ3v) is 2.94. The van der Waals surface area contributed by atoms with Crippen LogP contribution in [0.4, 0.5) is 10.3 Å². The molecular weight excluding hydrogens is 301 g/mol. The van der Waals surface area contributed by atoms with Gasteiger partial charge in [0.25, 0.3) is 0 Å². The van der Waals surface area contributed by atoms with Crippen molar-refractivity contribution in [2.24, 2.45) is 0 Å². The van der Waals surface area contributed by atoms with Gasteiger partial charge in [0.05, 0.1) is 17.6 Å². The van der Waals surface area contributed by atoms with E-state index in [-0.39, 0.29) is 11.5 Å². The molecule has 0 amide bonds. The molecule has 0 fully saturated rings. The van der Waals surface area contributed by atoms with E-state index in [9.17, 15) is 4.39 Å². The minimum Gasteiger partial charge on any atom is -0.367 e. The lowest BCUT2D eigenvalue weighted by molar-refractivity contribution is 0.638. The Hall–Kier alpha value is -2.02. The van der Waals surface area contributed by atoms with Gasteiger partial charge in [-0.1, -0.05) is 0 Å². The average Bonchev–Trinajstić information content (AvgIpc) is 2.67. The highest BCUT2D eigenvalue weighted by molar-refractivity contribution is 9.10. The van der Waals surface area contributed by atoms with E-state index in [0.29, 0.717) is 11.4 Å². The molecule has 0 aliphatic rings. The number of fused-ring (bicyclic) bond motifs is 1. The minimum absolute atomic E-state index is 0.0801. The molecular formula is C11H7BrFN5. The Balaban J connectivity index is 2.28. The fourth-order valence-electron chi connectivity index (χ4n) is 1.68. The summed E-state index contributed by atoms with van der Waals surface area (Å²) in [4.78, 5) is 7.97. The van der Waals surface area contributed by atoms with Crippen LogP contribution in [0, 0.1) is 5.82 Å². The Morgan fingerprint density at radius 1 is 1.22 bits per heavy atom. The Kier molecular flexibility index (Phi) is 2.48. The zero-order valence-electron chi connectivity index (χ0n) is 9.01. The van der Waals surface area contributed by atoms with Gasteiger partial charge in [-0.2, -0.15) is 0 Å². The summed E-state index contributed by atoms with van der Waals surface area (Å²) in [5, 5.41) is 3.99. The topological polar surface area (TPSA) is 69.1 Å². The van der Waals surface area contributed by atoms with Crippen LogP contribution in [0.5, 0.6) is 0 Å². The monoisotopic (exact) mass is 307 g/mol. The van der Waals surface area contributed by atoms with Gasteiger partial charge in [0.2, 0.25) is 5.95 Å². The first-order valence-electron chi connectivity index (χ1n) is 5.07. The quantitative estimate of drug-likeness (QED) is 0.749. The number of rotatable bonds is 1. The molecule has 3 aromatic rings. The summed E-state index contributed by atoms with van der Waals surface area (Å²) in [6.07, 6.45) is 2.98. The van der Waals surface area contributed by atoms with Crippen molar-refractivity contribution in [1.82, 2.24) is 19.6 Å². The van der Waals surface area contributed by atoms with E-state index in [1.165, 1.54) is 16.8 Å². The molecule has 0 atom stereocenters. The molecule has 5 nitrogen and oxygen atoms in total. The number of pyridine rings is 1. The van der Waals surface area contributed by atoms with E-state index in [0.717, 1.165) is 4.47 Å². The number of nitrogens with two attached hydrogens (primary N) is 1. The maximum atomic E-state index is 13.7. The van der Waals surface area contributed by atoms with Gasteiger partial charge < -0.3 is 5.73 Å². The molecule has 0 unspecified atom stereocenters. The van der Waals surface area contributed by atoms with Gasteiger partial charge >= 0.3 is 0 Å². The summed E-state index contributed by atoms with van der Waals surface area (Å²) in [5.41, 5.74) is 6.92. The molecule has 0 aliphatic carbocycles. The Bertz CT molecular complexity index is 722. The van der Waals surface area contributed by atoms with Crippen LogP contribution in [-0.4, -0.2) is 19.6 Å². The standard InChI is InChI=1S/C11H7BrFN5/c12-6-1-2-8(15-4-6)9-3-7(13)10-5-16-11(14)17-18(9)10/h1-5H,(H2,14,17). The fourth-order valence-corrected chi connectivity index (χ4v) is 1.91. The van der Waals surface area contributed by atoms with Crippen LogP contribution < -0.4 is 5.73 Å². The third-order valence-electron chi connectivity index (χ3n) is 2.48. The minimum atomic E-state index is -0.408. The maximum Gasteiger partial charge on any atom is 0.238 e. The summed E-state index contributed by atoms with van der Waals surface area (Å²) < 4.78 is 16.0. The summed E-state index contributed by atoms with van der Waals surface area (Å²) in [6.45, 7) is 0. The van der Waals surface area contributed by atoms with Gasteiger partial charge in [0, 0.05) is 16.7 Å². The molecule has 0 bridgehead atoms. The molecule has 0 saturated heterocycles. The van der Waals surface area contributed by atoms with E-state index < -0.39 is 5.82 Å². The van der Waals surface area contributed by atoms with Crippen molar-refractivity contribution < 1.29 is 4.39 Å². The molecule has 0 aliphatic heterocycles. The summed E-state index contributed by atoms with van der Waals surface area (Å²) in [7, 11) is 0. The van der Waals surface area contributed by atoms with Gasteiger partial charge in [0.15, 0.2) is 5.82 Å². The Morgan fingerprint density at radius 2 is 2.06 bits per heavy atom. The van der Waals surface area contributed by atoms with E-state index >= 15 is 0 Å². The Labute approximate surface area is 110 Å². The van der Waals surface area contributed by atoms with E-state index in [1.807, 2.05) is 6.07 Å². The van der Waals surface area contributed by atoms with Gasteiger partial charge in [-0.25, -0.2) is 13.9 Å². The highest BCUT2D eigenvalue weighted by atomic mass is 79.9. The second-order valence-corrected chi connectivity index (χ2v) is 4.57.